The minimum Gasteiger partial charge on any atom is -0.452 e. The summed E-state index contributed by atoms with van der Waals surface area (Å²) in [5.41, 5.74) is 1.65. The molecule has 0 aromatic heterocycles. The van der Waals surface area contributed by atoms with Crippen LogP contribution in [0.1, 0.15) is 11.1 Å². The number of hydrogen-bond donors (Lipinski definition) is 2. The smallest absolute Gasteiger partial charge is 0.339 e. The number of ether oxygens (including phenoxy) is 1. The molecular weight excluding hydrogens is 356 g/mol. The van der Waals surface area contributed by atoms with Gasteiger partial charge in [0, 0.05) is 12.1 Å². The Kier molecular flexibility index (Phi) is 6.93. The third-order valence-corrected chi connectivity index (χ3v) is 3.55. The van der Waals surface area contributed by atoms with E-state index in [0.717, 1.165) is 5.56 Å². The SMILES string of the molecule is CNC(=O)NC(=O)COC(=O)/C(=C/c1ccccc1)c1ccc(Cl)cc1. The Morgan fingerprint density at radius 1 is 1.04 bits per heavy atom. The highest BCUT2D eigenvalue weighted by Gasteiger charge is 2.16. The highest BCUT2D eigenvalue weighted by atomic mass is 35.5. The second kappa shape index (κ2) is 9.39. The van der Waals surface area contributed by atoms with Gasteiger partial charge in [0.05, 0.1) is 5.57 Å². The van der Waals surface area contributed by atoms with E-state index >= 15 is 0 Å². The van der Waals surface area contributed by atoms with E-state index in [1.807, 2.05) is 35.6 Å². The molecule has 0 unspecified atom stereocenters. The molecule has 0 saturated heterocycles. The Balaban J connectivity index is 2.19. The molecule has 2 aromatic carbocycles. The number of benzene rings is 2. The summed E-state index contributed by atoms with van der Waals surface area (Å²) in [5.74, 6) is -1.42. The summed E-state index contributed by atoms with van der Waals surface area (Å²) in [7, 11) is 1.37. The predicted octanol–water partition coefficient (Wildman–Crippen LogP) is 2.88. The van der Waals surface area contributed by atoms with Crippen LogP contribution in [0.15, 0.2) is 54.6 Å². The third-order valence-electron chi connectivity index (χ3n) is 3.30. The molecule has 2 aromatic rings. The Morgan fingerprint density at radius 2 is 1.69 bits per heavy atom. The molecule has 0 aliphatic rings. The largest absolute Gasteiger partial charge is 0.452 e. The Hall–Kier alpha value is -3.12. The fraction of sp³-hybridized carbons (Fsp3) is 0.105. The third kappa shape index (κ3) is 5.75. The van der Waals surface area contributed by atoms with Crippen LogP contribution < -0.4 is 10.6 Å². The number of rotatable bonds is 5. The summed E-state index contributed by atoms with van der Waals surface area (Å²) in [4.78, 5) is 35.2. The van der Waals surface area contributed by atoms with Crippen LogP contribution in [0.2, 0.25) is 5.02 Å². The molecule has 2 rings (SSSR count). The fourth-order valence-electron chi connectivity index (χ4n) is 2.04. The summed E-state index contributed by atoms with van der Waals surface area (Å²) in [6.07, 6.45) is 1.65. The van der Waals surface area contributed by atoms with E-state index in [2.05, 4.69) is 5.32 Å². The number of urea groups is 1. The first-order valence-electron chi connectivity index (χ1n) is 7.71. The zero-order chi connectivity index (χ0) is 18.9. The van der Waals surface area contributed by atoms with Crippen LogP contribution in [-0.2, 0) is 14.3 Å². The van der Waals surface area contributed by atoms with Crippen molar-refractivity contribution in [1.29, 1.82) is 0 Å². The van der Waals surface area contributed by atoms with Gasteiger partial charge in [-0.3, -0.25) is 10.1 Å². The lowest BCUT2D eigenvalue weighted by molar-refractivity contribution is -0.142. The number of hydrogen-bond acceptors (Lipinski definition) is 4. The maximum Gasteiger partial charge on any atom is 0.339 e. The molecule has 7 heteroatoms. The highest BCUT2D eigenvalue weighted by molar-refractivity contribution is 6.30. The number of nitrogens with one attached hydrogen (secondary N) is 2. The van der Waals surface area contributed by atoms with E-state index in [0.29, 0.717) is 10.6 Å². The monoisotopic (exact) mass is 372 g/mol. The Morgan fingerprint density at radius 3 is 2.31 bits per heavy atom. The van der Waals surface area contributed by atoms with E-state index in [4.69, 9.17) is 16.3 Å². The molecule has 0 heterocycles. The van der Waals surface area contributed by atoms with Gasteiger partial charge in [-0.05, 0) is 29.3 Å². The first-order valence-corrected chi connectivity index (χ1v) is 8.09. The highest BCUT2D eigenvalue weighted by Crippen LogP contribution is 2.22. The molecule has 0 fully saturated rings. The Bertz CT molecular complexity index is 817. The molecule has 0 aliphatic carbocycles. The molecule has 6 nitrogen and oxygen atoms in total. The maximum absolute atomic E-state index is 12.5. The van der Waals surface area contributed by atoms with Crippen LogP contribution in [0.25, 0.3) is 11.6 Å². The topological polar surface area (TPSA) is 84.5 Å². The molecule has 0 bridgehead atoms. The van der Waals surface area contributed by atoms with Gasteiger partial charge in [0.2, 0.25) is 0 Å². The fourth-order valence-corrected chi connectivity index (χ4v) is 2.17. The lowest BCUT2D eigenvalue weighted by Gasteiger charge is -2.09. The van der Waals surface area contributed by atoms with E-state index in [-0.39, 0.29) is 5.57 Å². The molecule has 0 saturated carbocycles. The molecule has 3 amide bonds. The quantitative estimate of drug-likeness (QED) is 0.480. The lowest BCUT2D eigenvalue weighted by atomic mass is 10.0. The average molecular weight is 373 g/mol. The number of carbonyl (C=O) groups excluding carboxylic acids is 3. The molecule has 134 valence electrons. The minimum atomic E-state index is -0.729. The van der Waals surface area contributed by atoms with E-state index in [1.165, 1.54) is 7.05 Å². The van der Waals surface area contributed by atoms with Crippen molar-refractivity contribution >= 4 is 41.2 Å². The van der Waals surface area contributed by atoms with E-state index in [9.17, 15) is 14.4 Å². The van der Waals surface area contributed by atoms with Crippen molar-refractivity contribution in [3.05, 3.63) is 70.7 Å². The zero-order valence-electron chi connectivity index (χ0n) is 14.0. The van der Waals surface area contributed by atoms with Gasteiger partial charge in [-0.2, -0.15) is 0 Å². The van der Waals surface area contributed by atoms with Gasteiger partial charge >= 0.3 is 12.0 Å². The summed E-state index contributed by atoms with van der Waals surface area (Å²) in [5, 5.41) is 4.79. The van der Waals surface area contributed by atoms with Crippen molar-refractivity contribution in [2.75, 3.05) is 13.7 Å². The summed E-state index contributed by atoms with van der Waals surface area (Å²) in [6, 6.07) is 15.2. The van der Waals surface area contributed by atoms with Crippen molar-refractivity contribution in [3.8, 4) is 0 Å². The first kappa shape index (κ1) is 19.2. The van der Waals surface area contributed by atoms with Crippen LogP contribution in [0, 0.1) is 0 Å². The summed E-state index contributed by atoms with van der Waals surface area (Å²) < 4.78 is 5.04. The predicted molar refractivity (Wildman–Crippen MR) is 99.3 cm³/mol. The van der Waals surface area contributed by atoms with Crippen LogP contribution >= 0.6 is 11.6 Å². The standard InChI is InChI=1S/C19H17ClN2O4/c1-21-19(25)22-17(23)12-26-18(24)16(11-13-5-3-2-4-6-13)14-7-9-15(20)10-8-14/h2-11H,12H2,1H3,(H2,21,22,23,25)/b16-11+. The normalized spacial score (nSPS) is 10.8. The number of imide groups is 1. The molecule has 0 atom stereocenters. The van der Waals surface area contributed by atoms with Gasteiger partial charge in [-0.1, -0.05) is 54.1 Å². The van der Waals surface area contributed by atoms with Crippen molar-refractivity contribution in [2.45, 2.75) is 0 Å². The molecule has 0 spiro atoms. The first-order chi connectivity index (χ1) is 12.5. The number of amides is 3. The second-order valence-electron chi connectivity index (χ2n) is 5.18. The van der Waals surface area contributed by atoms with Crippen molar-refractivity contribution in [2.24, 2.45) is 0 Å². The summed E-state index contributed by atoms with van der Waals surface area (Å²) >= 11 is 5.89. The van der Waals surface area contributed by atoms with Gasteiger partial charge in [0.15, 0.2) is 6.61 Å². The summed E-state index contributed by atoms with van der Waals surface area (Å²) in [6.45, 7) is -0.577. The zero-order valence-corrected chi connectivity index (χ0v) is 14.7. The molecule has 0 aliphatic heterocycles. The van der Waals surface area contributed by atoms with Gasteiger partial charge in [0.1, 0.15) is 0 Å². The van der Waals surface area contributed by atoms with Gasteiger partial charge in [-0.25, -0.2) is 9.59 Å². The molecule has 0 radical (unpaired) electrons. The molecular formula is C19H17ClN2O4. The molecule has 26 heavy (non-hydrogen) atoms. The van der Waals surface area contributed by atoms with E-state index < -0.39 is 24.5 Å². The number of carbonyl (C=O) groups is 3. The van der Waals surface area contributed by atoms with Gasteiger partial charge in [-0.15, -0.1) is 0 Å². The number of halogens is 1. The van der Waals surface area contributed by atoms with Crippen molar-refractivity contribution < 1.29 is 19.1 Å². The minimum absolute atomic E-state index is 0.264. The lowest BCUT2D eigenvalue weighted by Crippen LogP contribution is -2.39. The van der Waals surface area contributed by atoms with Crippen molar-refractivity contribution in [1.82, 2.24) is 10.6 Å². The van der Waals surface area contributed by atoms with Crippen LogP contribution in [0.4, 0.5) is 4.79 Å². The maximum atomic E-state index is 12.5. The van der Waals surface area contributed by atoms with E-state index in [1.54, 1.807) is 30.3 Å². The van der Waals surface area contributed by atoms with Gasteiger partial charge in [0.25, 0.3) is 5.91 Å². The Labute approximate surface area is 155 Å². The number of esters is 1. The molecule has 2 N–H and O–H groups in total. The van der Waals surface area contributed by atoms with Crippen LogP contribution in [0.5, 0.6) is 0 Å². The van der Waals surface area contributed by atoms with Crippen LogP contribution in [-0.4, -0.2) is 31.6 Å². The van der Waals surface area contributed by atoms with Gasteiger partial charge < -0.3 is 10.1 Å². The van der Waals surface area contributed by atoms with Crippen LogP contribution in [0.3, 0.4) is 0 Å². The average Bonchev–Trinajstić information content (AvgIpc) is 2.65. The van der Waals surface area contributed by atoms with Crippen molar-refractivity contribution in [3.63, 3.8) is 0 Å². The second-order valence-corrected chi connectivity index (χ2v) is 5.62.